The van der Waals surface area contributed by atoms with Crippen molar-refractivity contribution in [1.82, 2.24) is 0 Å². The van der Waals surface area contributed by atoms with Crippen LogP contribution < -0.4 is 0 Å². The zero-order valence-electron chi connectivity index (χ0n) is 24.0. The average molecular weight is 527 g/mol. The maximum absolute atomic E-state index is 2.45. The van der Waals surface area contributed by atoms with Gasteiger partial charge in [0, 0.05) is 0 Å². The Balaban J connectivity index is 1.62. The monoisotopic (exact) mass is 526 g/mol. The quantitative estimate of drug-likeness (QED) is 0.200. The van der Waals surface area contributed by atoms with Crippen molar-refractivity contribution in [2.45, 2.75) is 33.6 Å². The Kier molecular flexibility index (Phi) is 6.40. The Morgan fingerprint density at radius 2 is 1.05 bits per heavy atom. The SMILES string of the molecule is Cc1ccc2c(-c3ccccc3C)c3cc(-c4ccccc4C4=CC=CCC4)ccc3c(-c3ccccc3C)c2c1. The highest BCUT2D eigenvalue weighted by Crippen LogP contribution is 2.46. The summed E-state index contributed by atoms with van der Waals surface area (Å²) in [7, 11) is 0. The van der Waals surface area contributed by atoms with Gasteiger partial charge in [-0.25, -0.2) is 0 Å². The van der Waals surface area contributed by atoms with Crippen molar-refractivity contribution in [2.24, 2.45) is 0 Å². The van der Waals surface area contributed by atoms with E-state index in [1.807, 2.05) is 0 Å². The van der Waals surface area contributed by atoms with E-state index in [4.69, 9.17) is 0 Å². The molecular formula is C41H34. The summed E-state index contributed by atoms with van der Waals surface area (Å²) in [5, 5.41) is 5.23. The third-order valence-corrected chi connectivity index (χ3v) is 8.70. The van der Waals surface area contributed by atoms with E-state index in [0.717, 1.165) is 12.8 Å². The lowest BCUT2D eigenvalue weighted by molar-refractivity contribution is 1.05. The fourth-order valence-electron chi connectivity index (χ4n) is 6.64. The molecule has 0 radical (unpaired) electrons. The zero-order valence-corrected chi connectivity index (χ0v) is 24.0. The molecular weight excluding hydrogens is 492 g/mol. The molecule has 6 aromatic carbocycles. The van der Waals surface area contributed by atoms with Crippen LogP contribution in [0.4, 0.5) is 0 Å². The van der Waals surface area contributed by atoms with Gasteiger partial charge in [-0.15, -0.1) is 0 Å². The summed E-state index contributed by atoms with van der Waals surface area (Å²) in [6, 6.07) is 40.7. The van der Waals surface area contributed by atoms with E-state index in [2.05, 4.69) is 148 Å². The van der Waals surface area contributed by atoms with Crippen LogP contribution in [0.25, 0.3) is 60.5 Å². The largest absolute Gasteiger partial charge is 0.0842 e. The van der Waals surface area contributed by atoms with Crippen LogP contribution in [0.5, 0.6) is 0 Å². The van der Waals surface area contributed by atoms with Gasteiger partial charge < -0.3 is 0 Å². The van der Waals surface area contributed by atoms with Gasteiger partial charge in [0.2, 0.25) is 0 Å². The van der Waals surface area contributed by atoms with E-state index in [9.17, 15) is 0 Å². The molecule has 0 atom stereocenters. The molecule has 0 aliphatic heterocycles. The summed E-state index contributed by atoms with van der Waals surface area (Å²) in [6.45, 7) is 6.67. The van der Waals surface area contributed by atoms with Crippen molar-refractivity contribution in [2.75, 3.05) is 0 Å². The Morgan fingerprint density at radius 1 is 0.488 bits per heavy atom. The summed E-state index contributed by atoms with van der Waals surface area (Å²) in [5.74, 6) is 0. The van der Waals surface area contributed by atoms with Crippen LogP contribution in [-0.4, -0.2) is 0 Å². The number of hydrogen-bond acceptors (Lipinski definition) is 0. The standard InChI is InChI=1S/C41H34/c1-27-21-23-36-38(25-27)40(32-17-9-7-13-28(32)2)37-24-22-31(26-39(37)41(36)33-18-10-8-14-29(33)3)35-20-12-11-19-34(35)30-15-5-4-6-16-30/h4-5,7-15,17-26H,6,16H2,1-3H3. The minimum absolute atomic E-state index is 1.08. The van der Waals surface area contributed by atoms with Crippen LogP contribution in [0.15, 0.2) is 127 Å². The van der Waals surface area contributed by atoms with Crippen LogP contribution in [-0.2, 0) is 0 Å². The number of aryl methyl sites for hydroxylation is 3. The van der Waals surface area contributed by atoms with Crippen LogP contribution in [0.1, 0.15) is 35.1 Å². The number of hydrogen-bond donors (Lipinski definition) is 0. The molecule has 1 aliphatic rings. The molecule has 1 aliphatic carbocycles. The average Bonchev–Trinajstić information content (AvgIpc) is 3.01. The van der Waals surface area contributed by atoms with Crippen molar-refractivity contribution in [3.05, 3.63) is 150 Å². The van der Waals surface area contributed by atoms with Gasteiger partial charge in [-0.2, -0.15) is 0 Å². The van der Waals surface area contributed by atoms with Crippen LogP contribution in [0.2, 0.25) is 0 Å². The lowest BCUT2D eigenvalue weighted by Gasteiger charge is -2.21. The van der Waals surface area contributed by atoms with E-state index >= 15 is 0 Å². The second kappa shape index (κ2) is 10.4. The van der Waals surface area contributed by atoms with Gasteiger partial charge in [-0.05, 0) is 117 Å². The maximum atomic E-state index is 2.45. The lowest BCUT2D eigenvalue weighted by Crippen LogP contribution is -1.96. The van der Waals surface area contributed by atoms with Crippen molar-refractivity contribution in [1.29, 1.82) is 0 Å². The van der Waals surface area contributed by atoms with Crippen LogP contribution in [0.3, 0.4) is 0 Å². The molecule has 41 heavy (non-hydrogen) atoms. The molecule has 0 saturated carbocycles. The molecule has 0 aromatic heterocycles. The van der Waals surface area contributed by atoms with Gasteiger partial charge in [0.05, 0.1) is 0 Å². The van der Waals surface area contributed by atoms with E-state index in [0.29, 0.717) is 0 Å². The second-order valence-corrected chi connectivity index (χ2v) is 11.4. The zero-order chi connectivity index (χ0) is 27.9. The molecule has 0 heterocycles. The Labute approximate surface area is 243 Å². The fourth-order valence-corrected chi connectivity index (χ4v) is 6.64. The van der Waals surface area contributed by atoms with Gasteiger partial charge in [0.25, 0.3) is 0 Å². The molecule has 0 spiro atoms. The summed E-state index contributed by atoms with van der Waals surface area (Å²) in [6.07, 6.45) is 8.93. The molecule has 6 aromatic rings. The highest BCUT2D eigenvalue weighted by atomic mass is 14.2. The topological polar surface area (TPSA) is 0 Å². The van der Waals surface area contributed by atoms with E-state index in [1.165, 1.54) is 82.8 Å². The number of fused-ring (bicyclic) bond motifs is 2. The molecule has 0 heteroatoms. The van der Waals surface area contributed by atoms with Gasteiger partial charge in [-0.3, -0.25) is 0 Å². The number of rotatable bonds is 4. The van der Waals surface area contributed by atoms with Crippen molar-refractivity contribution in [3.8, 4) is 33.4 Å². The first-order valence-corrected chi connectivity index (χ1v) is 14.7. The number of allylic oxidation sites excluding steroid dienone is 4. The summed E-state index contributed by atoms with van der Waals surface area (Å²) < 4.78 is 0. The minimum Gasteiger partial charge on any atom is -0.0842 e. The molecule has 198 valence electrons. The molecule has 0 unspecified atom stereocenters. The first-order chi connectivity index (χ1) is 20.1. The van der Waals surface area contributed by atoms with Crippen molar-refractivity contribution < 1.29 is 0 Å². The van der Waals surface area contributed by atoms with E-state index in [-0.39, 0.29) is 0 Å². The smallest absolute Gasteiger partial charge is 0.00235 e. The molecule has 0 N–H and O–H groups in total. The molecule has 7 rings (SSSR count). The number of benzene rings is 6. The van der Waals surface area contributed by atoms with Gasteiger partial charge in [0.15, 0.2) is 0 Å². The maximum Gasteiger partial charge on any atom is -0.00235 e. The molecule has 0 nitrogen and oxygen atoms in total. The Morgan fingerprint density at radius 3 is 1.66 bits per heavy atom. The molecule has 0 amide bonds. The fraction of sp³-hybridized carbons (Fsp3) is 0.122. The van der Waals surface area contributed by atoms with Crippen molar-refractivity contribution in [3.63, 3.8) is 0 Å². The first-order valence-electron chi connectivity index (χ1n) is 14.7. The van der Waals surface area contributed by atoms with Gasteiger partial charge in [-0.1, -0.05) is 127 Å². The first kappa shape index (κ1) is 25.3. The van der Waals surface area contributed by atoms with Crippen molar-refractivity contribution >= 4 is 27.1 Å². The van der Waals surface area contributed by atoms with E-state index < -0.39 is 0 Å². The molecule has 0 saturated heterocycles. The lowest BCUT2D eigenvalue weighted by atomic mass is 9.82. The van der Waals surface area contributed by atoms with E-state index in [1.54, 1.807) is 0 Å². The Bertz CT molecular complexity index is 2010. The second-order valence-electron chi connectivity index (χ2n) is 11.4. The van der Waals surface area contributed by atoms with Gasteiger partial charge in [0.1, 0.15) is 0 Å². The highest BCUT2D eigenvalue weighted by Gasteiger charge is 2.20. The van der Waals surface area contributed by atoms with Gasteiger partial charge >= 0.3 is 0 Å². The summed E-state index contributed by atoms with van der Waals surface area (Å²) in [5.41, 5.74) is 14.4. The Hall–Kier alpha value is -4.68. The molecule has 0 fully saturated rings. The predicted molar refractivity (Wildman–Crippen MR) is 178 cm³/mol. The van der Waals surface area contributed by atoms with Crippen LogP contribution in [0, 0.1) is 20.8 Å². The highest BCUT2D eigenvalue weighted by molar-refractivity contribution is 6.22. The summed E-state index contributed by atoms with van der Waals surface area (Å²) >= 11 is 0. The minimum atomic E-state index is 1.08. The normalized spacial score (nSPS) is 13.1. The third-order valence-electron chi connectivity index (χ3n) is 8.70. The molecule has 0 bridgehead atoms. The summed E-state index contributed by atoms with van der Waals surface area (Å²) in [4.78, 5) is 0. The third kappa shape index (κ3) is 4.41. The van der Waals surface area contributed by atoms with Crippen LogP contribution >= 0.6 is 0 Å². The predicted octanol–water partition coefficient (Wildman–Crippen LogP) is 11.7.